The summed E-state index contributed by atoms with van der Waals surface area (Å²) in [6.45, 7) is 2.47. The quantitative estimate of drug-likeness (QED) is 0.525. The van der Waals surface area contributed by atoms with E-state index in [-0.39, 0.29) is 40.6 Å². The van der Waals surface area contributed by atoms with E-state index in [0.717, 1.165) is 6.07 Å². The fourth-order valence-electron chi connectivity index (χ4n) is 3.55. The second-order valence-corrected chi connectivity index (χ2v) is 7.87. The molecule has 2 atom stereocenters. The molecule has 11 heteroatoms. The number of hydrogen-bond acceptors (Lipinski definition) is 5. The Hall–Kier alpha value is -3.24. The molecule has 33 heavy (non-hydrogen) atoms. The number of piperidine rings is 1. The molecular weight excluding hydrogens is 455 g/mol. The number of carboxylic acids is 1. The van der Waals surface area contributed by atoms with Crippen molar-refractivity contribution in [1.82, 2.24) is 20.2 Å². The first-order valence-corrected chi connectivity index (χ1v) is 10.7. The minimum atomic E-state index is -1.23. The summed E-state index contributed by atoms with van der Waals surface area (Å²) in [4.78, 5) is 44.5. The van der Waals surface area contributed by atoms with Crippen LogP contribution in [0, 0.1) is 5.82 Å². The highest BCUT2D eigenvalue weighted by Gasteiger charge is 2.32. The van der Waals surface area contributed by atoms with Crippen LogP contribution in [0.2, 0.25) is 5.15 Å². The number of benzene rings is 1. The molecule has 1 aromatic heterocycles. The van der Waals surface area contributed by atoms with Crippen LogP contribution in [-0.4, -0.2) is 70.1 Å². The van der Waals surface area contributed by atoms with Gasteiger partial charge in [0.05, 0.1) is 23.4 Å². The van der Waals surface area contributed by atoms with E-state index in [1.54, 1.807) is 0 Å². The van der Waals surface area contributed by atoms with Crippen molar-refractivity contribution in [2.24, 2.45) is 0 Å². The van der Waals surface area contributed by atoms with Crippen molar-refractivity contribution in [2.45, 2.75) is 31.9 Å². The lowest BCUT2D eigenvalue weighted by molar-refractivity contribution is -0.130. The van der Waals surface area contributed by atoms with Gasteiger partial charge in [0.1, 0.15) is 5.82 Å². The molecule has 1 aliphatic rings. The number of carbonyl (C=O) groups is 3. The first-order valence-electron chi connectivity index (χ1n) is 10.3. The van der Waals surface area contributed by atoms with E-state index < -0.39 is 23.8 Å². The number of nitrogens with zero attached hydrogens (tertiary/aromatic N) is 2. The molecule has 0 bridgehead atoms. The summed E-state index contributed by atoms with van der Waals surface area (Å²) in [5, 5.41) is 12.0. The molecule has 2 amide bonds. The maximum atomic E-state index is 14.1. The van der Waals surface area contributed by atoms with Gasteiger partial charge in [0.25, 0.3) is 5.91 Å². The van der Waals surface area contributed by atoms with Gasteiger partial charge in [-0.1, -0.05) is 24.6 Å². The molecule has 1 fully saturated rings. The largest absolute Gasteiger partial charge is 0.478 e. The van der Waals surface area contributed by atoms with Crippen LogP contribution in [0.5, 0.6) is 0 Å². The van der Waals surface area contributed by atoms with Gasteiger partial charge in [-0.25, -0.2) is 14.2 Å². The number of aromatic carboxylic acids is 1. The average molecular weight is 479 g/mol. The van der Waals surface area contributed by atoms with Crippen LogP contribution in [0.15, 0.2) is 24.3 Å². The Bertz CT molecular complexity index is 1090. The topological polar surface area (TPSA) is 125 Å². The van der Waals surface area contributed by atoms with Gasteiger partial charge >= 0.3 is 5.97 Å². The van der Waals surface area contributed by atoms with Crippen molar-refractivity contribution in [3.63, 3.8) is 0 Å². The molecule has 2 heterocycles. The lowest BCUT2D eigenvalue weighted by Gasteiger charge is -2.37. The van der Waals surface area contributed by atoms with Crippen molar-refractivity contribution >= 4 is 35.5 Å². The molecule has 2 aromatic rings. The van der Waals surface area contributed by atoms with Gasteiger partial charge in [0.15, 0.2) is 11.0 Å². The van der Waals surface area contributed by atoms with Crippen LogP contribution < -0.4 is 5.32 Å². The highest BCUT2D eigenvalue weighted by atomic mass is 35.5. The van der Waals surface area contributed by atoms with Crippen molar-refractivity contribution in [3.05, 3.63) is 57.9 Å². The molecule has 176 valence electrons. The van der Waals surface area contributed by atoms with Gasteiger partial charge in [-0.3, -0.25) is 9.59 Å². The van der Waals surface area contributed by atoms with Crippen molar-refractivity contribution in [2.75, 3.05) is 20.2 Å². The third-order valence-electron chi connectivity index (χ3n) is 5.44. The number of aromatic nitrogens is 2. The van der Waals surface area contributed by atoms with Crippen LogP contribution in [0.4, 0.5) is 4.39 Å². The van der Waals surface area contributed by atoms with Gasteiger partial charge < -0.3 is 25.0 Å². The number of hydrogen-bond donors (Lipinski definition) is 3. The summed E-state index contributed by atoms with van der Waals surface area (Å²) in [6.07, 6.45) is 3.12. The number of carbonyl (C=O) groups excluding carboxylic acids is 2. The van der Waals surface area contributed by atoms with Crippen molar-refractivity contribution in [3.8, 4) is 0 Å². The number of H-pyrrole nitrogens is 1. The highest BCUT2D eigenvalue weighted by Crippen LogP contribution is 2.18. The maximum Gasteiger partial charge on any atom is 0.335 e. The van der Waals surface area contributed by atoms with E-state index >= 15 is 0 Å². The summed E-state index contributed by atoms with van der Waals surface area (Å²) < 4.78 is 19.5. The molecule has 0 saturated carbocycles. The standard InChI is InChI=1S/C22H24ClFN4O5/c1-3-15-19(23)27-20(25-15)21(30)26-16-8-9-28(11-17(16)33-2)18(29)7-6-12-4-5-13(22(31)32)10-14(12)24/h4-7,10,16-17H,3,8-9,11H2,1-2H3,(H,25,27)(H,26,30)(H,31,32)/b7-6+/t16-,17+/m1/s1. The van der Waals surface area contributed by atoms with Crippen LogP contribution in [0.3, 0.4) is 0 Å². The van der Waals surface area contributed by atoms with Gasteiger partial charge in [0, 0.05) is 31.8 Å². The predicted octanol–water partition coefficient (Wildman–Crippen LogP) is 2.52. The smallest absolute Gasteiger partial charge is 0.335 e. The van der Waals surface area contributed by atoms with E-state index in [0.29, 0.717) is 25.1 Å². The number of aromatic amines is 1. The van der Waals surface area contributed by atoms with E-state index in [4.69, 9.17) is 21.4 Å². The Balaban J connectivity index is 1.61. The molecular formula is C22H24ClFN4O5. The first-order chi connectivity index (χ1) is 15.7. The fourth-order valence-corrected chi connectivity index (χ4v) is 3.81. The average Bonchev–Trinajstić information content (AvgIpc) is 3.18. The van der Waals surface area contributed by atoms with E-state index in [9.17, 15) is 18.8 Å². The molecule has 0 radical (unpaired) electrons. The summed E-state index contributed by atoms with van der Waals surface area (Å²) in [5.74, 6) is -2.62. The fraction of sp³-hybridized carbons (Fsp3) is 0.364. The molecule has 9 nitrogen and oxygen atoms in total. The Morgan fingerprint density at radius 3 is 2.79 bits per heavy atom. The Kier molecular flexibility index (Phi) is 7.83. The summed E-state index contributed by atoms with van der Waals surface area (Å²) >= 11 is 6.00. The summed E-state index contributed by atoms with van der Waals surface area (Å²) in [7, 11) is 1.49. The molecule has 3 N–H and O–H groups in total. The molecule has 0 unspecified atom stereocenters. The number of imidazole rings is 1. The number of amides is 2. The number of halogens is 2. The van der Waals surface area contributed by atoms with Crippen LogP contribution >= 0.6 is 11.6 Å². The van der Waals surface area contributed by atoms with Gasteiger partial charge in [-0.05, 0) is 31.1 Å². The van der Waals surface area contributed by atoms with Gasteiger partial charge in [-0.2, -0.15) is 0 Å². The van der Waals surface area contributed by atoms with Crippen LogP contribution in [0.1, 0.15) is 45.6 Å². The number of aryl methyl sites for hydroxylation is 1. The number of nitrogens with one attached hydrogen (secondary N) is 2. The van der Waals surface area contributed by atoms with Crippen LogP contribution in [-0.2, 0) is 16.0 Å². The van der Waals surface area contributed by atoms with Gasteiger partial charge in [-0.15, -0.1) is 0 Å². The number of ether oxygens (including phenoxy) is 1. The third-order valence-corrected chi connectivity index (χ3v) is 5.75. The summed E-state index contributed by atoms with van der Waals surface area (Å²) in [5.41, 5.74) is 0.597. The second kappa shape index (κ2) is 10.6. The van der Waals surface area contributed by atoms with Crippen LogP contribution in [0.25, 0.3) is 6.08 Å². The number of likely N-dealkylation sites (tertiary alicyclic amines) is 1. The molecule has 1 aliphatic heterocycles. The predicted molar refractivity (Wildman–Crippen MR) is 119 cm³/mol. The normalized spacial score (nSPS) is 18.5. The molecule has 0 spiro atoms. The minimum absolute atomic E-state index is 0.0994. The Morgan fingerprint density at radius 1 is 1.42 bits per heavy atom. The summed E-state index contributed by atoms with van der Waals surface area (Å²) in [6, 6.07) is 3.12. The molecule has 3 rings (SSSR count). The SMILES string of the molecule is CCc1[nH]c(C(=O)N[C@@H]2CCN(C(=O)/C=C/c3ccc(C(=O)O)cc3F)C[C@@H]2OC)nc1Cl. The zero-order valence-electron chi connectivity index (χ0n) is 18.1. The maximum absolute atomic E-state index is 14.1. The number of methoxy groups -OCH3 is 1. The monoisotopic (exact) mass is 478 g/mol. The van der Waals surface area contributed by atoms with E-state index in [2.05, 4.69) is 15.3 Å². The van der Waals surface area contributed by atoms with Crippen molar-refractivity contribution < 1.29 is 28.6 Å². The van der Waals surface area contributed by atoms with E-state index in [1.165, 1.54) is 36.3 Å². The third kappa shape index (κ3) is 5.77. The van der Waals surface area contributed by atoms with Gasteiger partial charge in [0.2, 0.25) is 5.91 Å². The minimum Gasteiger partial charge on any atom is -0.478 e. The molecule has 1 aromatic carbocycles. The molecule has 0 aliphatic carbocycles. The second-order valence-electron chi connectivity index (χ2n) is 7.51. The molecule has 1 saturated heterocycles. The lowest BCUT2D eigenvalue weighted by atomic mass is 10.0. The first kappa shape index (κ1) is 24.4. The number of carboxylic acid groups (broad SMARTS) is 1. The lowest BCUT2D eigenvalue weighted by Crippen LogP contribution is -2.55. The highest BCUT2D eigenvalue weighted by molar-refractivity contribution is 6.30. The Morgan fingerprint density at radius 2 is 2.18 bits per heavy atom. The zero-order valence-corrected chi connectivity index (χ0v) is 18.9. The van der Waals surface area contributed by atoms with Crippen molar-refractivity contribution in [1.29, 1.82) is 0 Å². The Labute approximate surface area is 194 Å². The number of rotatable bonds is 7. The zero-order chi connectivity index (χ0) is 24.1. The van der Waals surface area contributed by atoms with E-state index in [1.807, 2.05) is 6.92 Å².